The second-order valence-corrected chi connectivity index (χ2v) is 4.31. The standard InChI is InChI=1S/C12H15ClO2/c1-9(2)8-15-11-5-3-4-10(6-11)7-12(13)14/h3-6,9H,7-8H2,1-2H3. The highest BCUT2D eigenvalue weighted by Gasteiger charge is 2.02. The maximum atomic E-state index is 10.7. The number of benzene rings is 1. The van der Waals surface area contributed by atoms with E-state index in [1.165, 1.54) is 0 Å². The summed E-state index contributed by atoms with van der Waals surface area (Å²) in [4.78, 5) is 10.7. The quantitative estimate of drug-likeness (QED) is 0.722. The Bertz CT molecular complexity index is 334. The second-order valence-electron chi connectivity index (χ2n) is 3.88. The summed E-state index contributed by atoms with van der Waals surface area (Å²) >= 11 is 5.31. The summed E-state index contributed by atoms with van der Waals surface area (Å²) in [5.41, 5.74) is 0.885. The summed E-state index contributed by atoms with van der Waals surface area (Å²) in [6.45, 7) is 4.86. The molecule has 0 radical (unpaired) electrons. The van der Waals surface area contributed by atoms with Crippen LogP contribution < -0.4 is 4.74 Å². The lowest BCUT2D eigenvalue weighted by molar-refractivity contribution is -0.111. The Kier molecular flexibility index (Phi) is 4.63. The molecule has 0 unspecified atom stereocenters. The lowest BCUT2D eigenvalue weighted by atomic mass is 10.1. The molecule has 0 aliphatic heterocycles. The fourth-order valence-electron chi connectivity index (χ4n) is 1.17. The third-order valence-corrected chi connectivity index (χ3v) is 1.96. The molecule has 0 spiro atoms. The summed E-state index contributed by atoms with van der Waals surface area (Å²) in [6.07, 6.45) is 0.250. The van der Waals surface area contributed by atoms with Crippen LogP contribution in [0.25, 0.3) is 0 Å². The van der Waals surface area contributed by atoms with Gasteiger partial charge in [-0.1, -0.05) is 26.0 Å². The molecule has 0 amide bonds. The minimum absolute atomic E-state index is 0.250. The van der Waals surface area contributed by atoms with E-state index in [1.807, 2.05) is 24.3 Å². The molecule has 0 saturated heterocycles. The van der Waals surface area contributed by atoms with E-state index in [9.17, 15) is 4.79 Å². The van der Waals surface area contributed by atoms with Crippen LogP contribution in [0.3, 0.4) is 0 Å². The van der Waals surface area contributed by atoms with Crippen LogP contribution in [0.4, 0.5) is 0 Å². The number of carbonyl (C=O) groups excluding carboxylic acids is 1. The van der Waals surface area contributed by atoms with Gasteiger partial charge in [0, 0.05) is 6.42 Å². The maximum Gasteiger partial charge on any atom is 0.226 e. The van der Waals surface area contributed by atoms with Crippen molar-refractivity contribution in [3.8, 4) is 5.75 Å². The van der Waals surface area contributed by atoms with E-state index in [1.54, 1.807) is 0 Å². The molecule has 3 heteroatoms. The average Bonchev–Trinajstić information content (AvgIpc) is 2.14. The Morgan fingerprint density at radius 2 is 2.20 bits per heavy atom. The smallest absolute Gasteiger partial charge is 0.226 e. The minimum atomic E-state index is -0.351. The van der Waals surface area contributed by atoms with Gasteiger partial charge in [0.25, 0.3) is 0 Å². The predicted octanol–water partition coefficient (Wildman–Crippen LogP) is 3.03. The van der Waals surface area contributed by atoms with Gasteiger partial charge in [-0.15, -0.1) is 0 Å². The summed E-state index contributed by atoms with van der Waals surface area (Å²) in [7, 11) is 0. The van der Waals surface area contributed by atoms with Crippen molar-refractivity contribution in [1.29, 1.82) is 0 Å². The van der Waals surface area contributed by atoms with Crippen molar-refractivity contribution < 1.29 is 9.53 Å². The summed E-state index contributed by atoms with van der Waals surface area (Å²) in [5, 5.41) is -0.351. The first-order chi connectivity index (χ1) is 7.08. The van der Waals surface area contributed by atoms with Gasteiger partial charge in [-0.3, -0.25) is 4.79 Å². The molecular weight excluding hydrogens is 212 g/mol. The molecule has 15 heavy (non-hydrogen) atoms. The summed E-state index contributed by atoms with van der Waals surface area (Å²) < 4.78 is 5.54. The Labute approximate surface area is 95.2 Å². The van der Waals surface area contributed by atoms with Crippen molar-refractivity contribution >= 4 is 16.8 Å². The minimum Gasteiger partial charge on any atom is -0.493 e. The molecule has 0 aromatic heterocycles. The van der Waals surface area contributed by atoms with Gasteiger partial charge >= 0.3 is 0 Å². The van der Waals surface area contributed by atoms with E-state index >= 15 is 0 Å². The molecule has 2 nitrogen and oxygen atoms in total. The first-order valence-corrected chi connectivity index (χ1v) is 5.36. The highest BCUT2D eigenvalue weighted by molar-refractivity contribution is 6.63. The van der Waals surface area contributed by atoms with Crippen molar-refractivity contribution in [2.45, 2.75) is 20.3 Å². The fourth-order valence-corrected chi connectivity index (χ4v) is 1.32. The molecule has 0 atom stereocenters. The van der Waals surface area contributed by atoms with Crippen LogP contribution in [0.15, 0.2) is 24.3 Å². The molecule has 0 saturated carbocycles. The van der Waals surface area contributed by atoms with Gasteiger partial charge in [0.15, 0.2) is 0 Å². The van der Waals surface area contributed by atoms with E-state index in [4.69, 9.17) is 16.3 Å². The van der Waals surface area contributed by atoms with E-state index in [0.29, 0.717) is 12.5 Å². The van der Waals surface area contributed by atoms with Gasteiger partial charge in [0.05, 0.1) is 6.61 Å². The Morgan fingerprint density at radius 3 is 2.80 bits per heavy atom. The van der Waals surface area contributed by atoms with Gasteiger partial charge in [0.2, 0.25) is 5.24 Å². The van der Waals surface area contributed by atoms with Crippen LogP contribution in [0, 0.1) is 5.92 Å². The first-order valence-electron chi connectivity index (χ1n) is 4.98. The van der Waals surface area contributed by atoms with E-state index < -0.39 is 0 Å². The van der Waals surface area contributed by atoms with Crippen LogP contribution >= 0.6 is 11.6 Å². The number of halogens is 1. The van der Waals surface area contributed by atoms with Gasteiger partial charge < -0.3 is 4.74 Å². The molecule has 0 heterocycles. The molecule has 0 bridgehead atoms. The molecule has 82 valence electrons. The van der Waals surface area contributed by atoms with Gasteiger partial charge in [-0.25, -0.2) is 0 Å². The molecule has 0 aliphatic rings. The highest BCUT2D eigenvalue weighted by Crippen LogP contribution is 2.15. The van der Waals surface area contributed by atoms with Crippen LogP contribution in [0.5, 0.6) is 5.75 Å². The molecule has 1 aromatic carbocycles. The molecular formula is C12H15ClO2. The van der Waals surface area contributed by atoms with Gasteiger partial charge in [-0.2, -0.15) is 0 Å². The third-order valence-electron chi connectivity index (χ3n) is 1.82. The largest absolute Gasteiger partial charge is 0.493 e. The predicted molar refractivity (Wildman–Crippen MR) is 61.3 cm³/mol. The lowest BCUT2D eigenvalue weighted by Gasteiger charge is -2.09. The van der Waals surface area contributed by atoms with Crippen molar-refractivity contribution in [3.05, 3.63) is 29.8 Å². The number of ether oxygens (including phenoxy) is 1. The van der Waals surface area contributed by atoms with Crippen molar-refractivity contribution in [2.75, 3.05) is 6.61 Å². The van der Waals surface area contributed by atoms with E-state index in [-0.39, 0.29) is 11.7 Å². The Balaban J connectivity index is 2.61. The molecule has 0 N–H and O–H groups in total. The number of carbonyl (C=O) groups is 1. The summed E-state index contributed by atoms with van der Waals surface area (Å²) in [5.74, 6) is 1.28. The molecule has 1 rings (SSSR count). The second kappa shape index (κ2) is 5.76. The zero-order chi connectivity index (χ0) is 11.3. The molecule has 0 fully saturated rings. The van der Waals surface area contributed by atoms with E-state index in [2.05, 4.69) is 13.8 Å². The normalized spacial score (nSPS) is 10.4. The zero-order valence-corrected chi connectivity index (χ0v) is 9.75. The van der Waals surface area contributed by atoms with E-state index in [0.717, 1.165) is 11.3 Å². The SMILES string of the molecule is CC(C)COc1cccc(CC(=O)Cl)c1. The fraction of sp³-hybridized carbons (Fsp3) is 0.417. The van der Waals surface area contributed by atoms with Crippen LogP contribution in [0.2, 0.25) is 0 Å². The number of hydrogen-bond donors (Lipinski definition) is 0. The highest BCUT2D eigenvalue weighted by atomic mass is 35.5. The van der Waals surface area contributed by atoms with Gasteiger partial charge in [-0.05, 0) is 35.2 Å². The van der Waals surface area contributed by atoms with Crippen LogP contribution in [-0.4, -0.2) is 11.8 Å². The Morgan fingerprint density at radius 1 is 1.47 bits per heavy atom. The number of hydrogen-bond acceptors (Lipinski definition) is 2. The number of rotatable bonds is 5. The Hall–Kier alpha value is -1.02. The summed E-state index contributed by atoms with van der Waals surface area (Å²) in [6, 6.07) is 7.46. The van der Waals surface area contributed by atoms with Gasteiger partial charge in [0.1, 0.15) is 5.75 Å². The van der Waals surface area contributed by atoms with Crippen molar-refractivity contribution in [1.82, 2.24) is 0 Å². The maximum absolute atomic E-state index is 10.7. The molecule has 1 aromatic rings. The monoisotopic (exact) mass is 226 g/mol. The zero-order valence-electron chi connectivity index (χ0n) is 9.00. The lowest BCUT2D eigenvalue weighted by Crippen LogP contribution is -2.04. The first kappa shape index (κ1) is 12.1. The van der Waals surface area contributed by atoms with Crippen molar-refractivity contribution in [3.63, 3.8) is 0 Å². The average molecular weight is 227 g/mol. The van der Waals surface area contributed by atoms with Crippen molar-refractivity contribution in [2.24, 2.45) is 5.92 Å². The van der Waals surface area contributed by atoms with Crippen LogP contribution in [0.1, 0.15) is 19.4 Å². The third kappa shape index (κ3) is 4.84. The topological polar surface area (TPSA) is 26.3 Å². The van der Waals surface area contributed by atoms with Crippen LogP contribution in [-0.2, 0) is 11.2 Å². The molecule has 0 aliphatic carbocycles.